The molecule has 154 valence electrons. The standard InChI is InChI=1S/C24H24N2O3S/c1-30-21-14-8-13-20(16-21)25-23(27)22(15-18-9-4-2-5-10-18)26-24(28)29-17-19-11-6-3-7-12-19/h2-14,16,22H,15,17H2,1H3,(H,25,27)(H,26,28)/t22-/m0/s1. The van der Waals surface area contributed by atoms with E-state index in [0.717, 1.165) is 16.0 Å². The summed E-state index contributed by atoms with van der Waals surface area (Å²) in [7, 11) is 0. The quantitative estimate of drug-likeness (QED) is 0.510. The van der Waals surface area contributed by atoms with E-state index in [9.17, 15) is 9.59 Å². The van der Waals surface area contributed by atoms with E-state index in [1.165, 1.54) is 0 Å². The molecular weight excluding hydrogens is 396 g/mol. The average molecular weight is 421 g/mol. The van der Waals surface area contributed by atoms with Gasteiger partial charge in [-0.15, -0.1) is 11.8 Å². The molecule has 0 radical (unpaired) electrons. The molecule has 1 atom stereocenters. The Labute approximate surface area is 180 Å². The van der Waals surface area contributed by atoms with Gasteiger partial charge in [0.25, 0.3) is 0 Å². The lowest BCUT2D eigenvalue weighted by Crippen LogP contribution is -2.45. The van der Waals surface area contributed by atoms with Crippen molar-refractivity contribution in [3.05, 3.63) is 96.1 Å². The van der Waals surface area contributed by atoms with Gasteiger partial charge >= 0.3 is 6.09 Å². The van der Waals surface area contributed by atoms with Crippen molar-refractivity contribution in [1.82, 2.24) is 5.32 Å². The second-order valence-corrected chi connectivity index (χ2v) is 7.55. The van der Waals surface area contributed by atoms with Crippen molar-refractivity contribution in [2.45, 2.75) is 24.0 Å². The molecule has 0 fully saturated rings. The average Bonchev–Trinajstić information content (AvgIpc) is 2.79. The number of alkyl carbamates (subject to hydrolysis) is 1. The number of thioether (sulfide) groups is 1. The molecule has 2 N–H and O–H groups in total. The first-order chi connectivity index (χ1) is 14.6. The molecular formula is C24H24N2O3S. The molecule has 3 aromatic carbocycles. The number of hydrogen-bond acceptors (Lipinski definition) is 4. The minimum Gasteiger partial charge on any atom is -0.445 e. The summed E-state index contributed by atoms with van der Waals surface area (Å²) in [4.78, 5) is 26.3. The smallest absolute Gasteiger partial charge is 0.408 e. The van der Waals surface area contributed by atoms with Gasteiger partial charge in [-0.05, 0) is 35.6 Å². The molecule has 2 amide bonds. The van der Waals surface area contributed by atoms with E-state index in [-0.39, 0.29) is 12.5 Å². The van der Waals surface area contributed by atoms with Crippen LogP contribution in [0.15, 0.2) is 89.8 Å². The maximum Gasteiger partial charge on any atom is 0.408 e. The van der Waals surface area contributed by atoms with Gasteiger partial charge in [-0.2, -0.15) is 0 Å². The molecule has 30 heavy (non-hydrogen) atoms. The number of hydrogen-bond donors (Lipinski definition) is 2. The number of carbonyl (C=O) groups excluding carboxylic acids is 2. The van der Waals surface area contributed by atoms with Crippen molar-refractivity contribution >= 4 is 29.4 Å². The third-order valence-electron chi connectivity index (χ3n) is 4.44. The number of amides is 2. The summed E-state index contributed by atoms with van der Waals surface area (Å²) in [6.07, 6.45) is 1.70. The maximum absolute atomic E-state index is 12.9. The van der Waals surface area contributed by atoms with Gasteiger partial charge in [-0.25, -0.2) is 4.79 Å². The second kappa shape index (κ2) is 11.1. The van der Waals surface area contributed by atoms with E-state index in [2.05, 4.69) is 10.6 Å². The summed E-state index contributed by atoms with van der Waals surface area (Å²) in [5, 5.41) is 5.60. The van der Waals surface area contributed by atoms with Crippen LogP contribution in [0, 0.1) is 0 Å². The lowest BCUT2D eigenvalue weighted by Gasteiger charge is -2.19. The van der Waals surface area contributed by atoms with Crippen LogP contribution in [0.1, 0.15) is 11.1 Å². The van der Waals surface area contributed by atoms with Crippen molar-refractivity contribution in [3.63, 3.8) is 0 Å². The van der Waals surface area contributed by atoms with E-state index in [0.29, 0.717) is 12.1 Å². The maximum atomic E-state index is 12.9. The number of benzene rings is 3. The first kappa shape index (κ1) is 21.5. The zero-order valence-electron chi connectivity index (χ0n) is 16.7. The minimum absolute atomic E-state index is 0.141. The predicted octanol–water partition coefficient (Wildman–Crippen LogP) is 4.88. The van der Waals surface area contributed by atoms with Crippen molar-refractivity contribution in [2.75, 3.05) is 11.6 Å². The Balaban J connectivity index is 1.67. The highest BCUT2D eigenvalue weighted by Crippen LogP contribution is 2.19. The summed E-state index contributed by atoms with van der Waals surface area (Å²) in [6, 6.07) is 25.8. The molecule has 0 saturated carbocycles. The Hall–Kier alpha value is -3.25. The van der Waals surface area contributed by atoms with Gasteiger partial charge in [0, 0.05) is 17.0 Å². The first-order valence-corrected chi connectivity index (χ1v) is 10.8. The molecule has 0 aliphatic carbocycles. The molecule has 0 bridgehead atoms. The van der Waals surface area contributed by atoms with E-state index in [1.807, 2.05) is 91.2 Å². The van der Waals surface area contributed by atoms with Crippen LogP contribution in [0.25, 0.3) is 0 Å². The van der Waals surface area contributed by atoms with Gasteiger partial charge < -0.3 is 15.4 Å². The SMILES string of the molecule is CSc1cccc(NC(=O)[C@H](Cc2ccccc2)NC(=O)OCc2ccccc2)c1. The van der Waals surface area contributed by atoms with Crippen molar-refractivity contribution in [3.8, 4) is 0 Å². The molecule has 5 nitrogen and oxygen atoms in total. The third-order valence-corrected chi connectivity index (χ3v) is 5.17. The molecule has 0 spiro atoms. The topological polar surface area (TPSA) is 67.4 Å². The Bertz CT molecular complexity index is 964. The van der Waals surface area contributed by atoms with Crippen LogP contribution in [0.4, 0.5) is 10.5 Å². The van der Waals surface area contributed by atoms with Gasteiger partial charge in [-0.1, -0.05) is 66.7 Å². The van der Waals surface area contributed by atoms with E-state index in [1.54, 1.807) is 11.8 Å². The summed E-state index contributed by atoms with van der Waals surface area (Å²) < 4.78 is 5.30. The van der Waals surface area contributed by atoms with Crippen LogP contribution >= 0.6 is 11.8 Å². The van der Waals surface area contributed by atoms with Crippen LogP contribution in [0.2, 0.25) is 0 Å². The van der Waals surface area contributed by atoms with Crippen LogP contribution < -0.4 is 10.6 Å². The fourth-order valence-electron chi connectivity index (χ4n) is 2.90. The summed E-state index contributed by atoms with van der Waals surface area (Å²) in [5.41, 5.74) is 2.51. The Morgan fingerprint density at radius 1 is 0.900 bits per heavy atom. The number of rotatable bonds is 8. The van der Waals surface area contributed by atoms with E-state index >= 15 is 0 Å². The Morgan fingerprint density at radius 3 is 2.23 bits per heavy atom. The van der Waals surface area contributed by atoms with Gasteiger partial charge in [0.15, 0.2) is 0 Å². The molecule has 3 rings (SSSR count). The van der Waals surface area contributed by atoms with E-state index < -0.39 is 12.1 Å². The zero-order valence-corrected chi connectivity index (χ0v) is 17.5. The fourth-order valence-corrected chi connectivity index (χ4v) is 3.36. The highest BCUT2D eigenvalue weighted by molar-refractivity contribution is 7.98. The van der Waals surface area contributed by atoms with Crippen molar-refractivity contribution < 1.29 is 14.3 Å². The normalized spacial score (nSPS) is 11.4. The molecule has 0 aromatic heterocycles. The van der Waals surface area contributed by atoms with Crippen LogP contribution in [-0.4, -0.2) is 24.3 Å². The monoisotopic (exact) mass is 420 g/mol. The molecule has 0 aliphatic heterocycles. The lowest BCUT2D eigenvalue weighted by atomic mass is 10.1. The minimum atomic E-state index is -0.770. The summed E-state index contributed by atoms with van der Waals surface area (Å²) in [6.45, 7) is 0.141. The number of carbonyl (C=O) groups is 2. The first-order valence-electron chi connectivity index (χ1n) is 9.60. The van der Waals surface area contributed by atoms with Crippen molar-refractivity contribution in [2.24, 2.45) is 0 Å². The van der Waals surface area contributed by atoms with E-state index in [4.69, 9.17) is 4.74 Å². The van der Waals surface area contributed by atoms with Crippen LogP contribution in [0.5, 0.6) is 0 Å². The van der Waals surface area contributed by atoms with Gasteiger partial charge in [0.2, 0.25) is 5.91 Å². The summed E-state index contributed by atoms with van der Waals surface area (Å²) in [5.74, 6) is -0.297. The van der Waals surface area contributed by atoms with Gasteiger partial charge in [0.05, 0.1) is 0 Å². The fraction of sp³-hybridized carbons (Fsp3) is 0.167. The summed E-state index contributed by atoms with van der Waals surface area (Å²) >= 11 is 1.60. The lowest BCUT2D eigenvalue weighted by molar-refractivity contribution is -0.118. The number of ether oxygens (including phenoxy) is 1. The number of anilines is 1. The predicted molar refractivity (Wildman–Crippen MR) is 121 cm³/mol. The second-order valence-electron chi connectivity index (χ2n) is 6.67. The highest BCUT2D eigenvalue weighted by Gasteiger charge is 2.22. The largest absolute Gasteiger partial charge is 0.445 e. The Morgan fingerprint density at radius 2 is 1.57 bits per heavy atom. The third kappa shape index (κ3) is 6.67. The number of nitrogens with one attached hydrogen (secondary N) is 2. The van der Waals surface area contributed by atoms with Crippen LogP contribution in [-0.2, 0) is 22.6 Å². The Kier molecular flexibility index (Phi) is 7.92. The van der Waals surface area contributed by atoms with Crippen LogP contribution in [0.3, 0.4) is 0 Å². The molecule has 0 saturated heterocycles. The zero-order chi connectivity index (χ0) is 21.2. The highest BCUT2D eigenvalue weighted by atomic mass is 32.2. The molecule has 3 aromatic rings. The molecule has 0 unspecified atom stereocenters. The van der Waals surface area contributed by atoms with Gasteiger partial charge in [-0.3, -0.25) is 4.79 Å². The molecule has 0 heterocycles. The molecule has 0 aliphatic rings. The molecule has 6 heteroatoms. The van der Waals surface area contributed by atoms with Gasteiger partial charge in [0.1, 0.15) is 12.6 Å². The van der Waals surface area contributed by atoms with Crippen molar-refractivity contribution in [1.29, 1.82) is 0 Å².